The molecule has 3 fully saturated rings. The Morgan fingerprint density at radius 1 is 0.792 bits per heavy atom. The van der Waals surface area contributed by atoms with E-state index in [2.05, 4.69) is 0 Å². The van der Waals surface area contributed by atoms with Gasteiger partial charge >= 0.3 is 11.9 Å². The van der Waals surface area contributed by atoms with Crippen LogP contribution in [-0.4, -0.2) is 63.2 Å². The Bertz CT molecular complexity index is 434. The molecule has 0 saturated carbocycles. The predicted octanol–water partition coefficient (Wildman–Crippen LogP) is 0.910. The molecule has 0 aromatic rings. The number of hydrogen-bond donors (Lipinski definition) is 0. The van der Waals surface area contributed by atoms with Crippen molar-refractivity contribution in [2.24, 2.45) is 0 Å². The predicted molar refractivity (Wildman–Crippen MR) is 78.8 cm³/mol. The van der Waals surface area contributed by atoms with Crippen molar-refractivity contribution in [3.63, 3.8) is 0 Å². The topological polar surface area (TPSA) is 89.5 Å². The van der Waals surface area contributed by atoms with E-state index in [1.807, 2.05) is 0 Å². The highest BCUT2D eigenvalue weighted by Crippen LogP contribution is 2.49. The zero-order valence-electron chi connectivity index (χ0n) is 14.1. The Morgan fingerprint density at radius 3 is 1.50 bits per heavy atom. The van der Waals surface area contributed by atoms with Crippen LogP contribution in [0.1, 0.15) is 38.5 Å². The van der Waals surface area contributed by atoms with Crippen LogP contribution in [0.25, 0.3) is 0 Å². The second-order valence-electron chi connectivity index (χ2n) is 6.24. The molecule has 0 amide bonds. The minimum atomic E-state index is -1.25. The highest BCUT2D eigenvalue weighted by atomic mass is 16.8. The number of hydrogen-bond acceptors (Lipinski definition) is 8. The summed E-state index contributed by atoms with van der Waals surface area (Å²) >= 11 is 0. The third-order valence-electron chi connectivity index (χ3n) is 4.83. The number of rotatable bonds is 2. The largest absolute Gasteiger partial charge is 0.467 e. The van der Waals surface area contributed by atoms with Gasteiger partial charge in [0, 0.05) is 12.8 Å². The fourth-order valence-corrected chi connectivity index (χ4v) is 3.61. The first-order valence-corrected chi connectivity index (χ1v) is 8.37. The maximum atomic E-state index is 12.2. The van der Waals surface area contributed by atoms with Gasteiger partial charge in [-0.2, -0.15) is 0 Å². The summed E-state index contributed by atoms with van der Waals surface area (Å²) in [5, 5.41) is 0. The number of carbonyl (C=O) groups is 2. The molecule has 0 N–H and O–H groups in total. The molecular formula is C16H24O8. The molecule has 136 valence electrons. The molecule has 0 aromatic carbocycles. The number of esters is 2. The number of methoxy groups -OCH3 is 2. The van der Waals surface area contributed by atoms with Crippen molar-refractivity contribution < 1.29 is 38.0 Å². The quantitative estimate of drug-likeness (QED) is 0.683. The molecule has 3 heterocycles. The average Bonchev–Trinajstić information content (AvgIpc) is 2.64. The Kier molecular flexibility index (Phi) is 5.10. The molecule has 4 atom stereocenters. The van der Waals surface area contributed by atoms with Crippen molar-refractivity contribution >= 4 is 11.9 Å². The molecule has 8 nitrogen and oxygen atoms in total. The molecule has 3 saturated heterocycles. The van der Waals surface area contributed by atoms with Gasteiger partial charge in [-0.25, -0.2) is 9.59 Å². The van der Waals surface area contributed by atoms with Gasteiger partial charge in [0.2, 0.25) is 11.6 Å². The van der Waals surface area contributed by atoms with Crippen LogP contribution < -0.4 is 0 Å². The third kappa shape index (κ3) is 2.81. The summed E-state index contributed by atoms with van der Waals surface area (Å²) in [6.07, 6.45) is 2.03. The van der Waals surface area contributed by atoms with E-state index in [4.69, 9.17) is 28.4 Å². The molecule has 3 aliphatic rings. The van der Waals surface area contributed by atoms with Crippen LogP contribution in [0.2, 0.25) is 0 Å². The molecule has 3 aliphatic heterocycles. The molecule has 0 radical (unpaired) electrons. The minimum Gasteiger partial charge on any atom is -0.467 e. The normalized spacial score (nSPS) is 39.6. The maximum Gasteiger partial charge on any atom is 0.338 e. The van der Waals surface area contributed by atoms with Crippen LogP contribution in [0.4, 0.5) is 0 Å². The number of fused-ring (bicyclic) bond motifs is 1. The highest BCUT2D eigenvalue weighted by molar-refractivity contribution is 5.86. The van der Waals surface area contributed by atoms with E-state index >= 15 is 0 Å². The third-order valence-corrected chi connectivity index (χ3v) is 4.83. The molecule has 24 heavy (non-hydrogen) atoms. The fraction of sp³-hybridized carbons (Fsp3) is 0.875. The summed E-state index contributed by atoms with van der Waals surface area (Å²) in [5.74, 6) is -3.83. The summed E-state index contributed by atoms with van der Waals surface area (Å²) in [7, 11) is 2.46. The smallest absolute Gasteiger partial charge is 0.338 e. The van der Waals surface area contributed by atoms with E-state index in [0.29, 0.717) is 26.1 Å². The molecule has 3 rings (SSSR count). The van der Waals surface area contributed by atoms with E-state index in [1.54, 1.807) is 0 Å². The van der Waals surface area contributed by atoms with Gasteiger partial charge in [-0.1, -0.05) is 0 Å². The van der Waals surface area contributed by atoms with Gasteiger partial charge in [-0.3, -0.25) is 0 Å². The lowest BCUT2D eigenvalue weighted by Gasteiger charge is -2.56. The number of ether oxygens (including phenoxy) is 6. The molecule has 0 aromatic heterocycles. The maximum absolute atomic E-state index is 12.2. The van der Waals surface area contributed by atoms with Crippen molar-refractivity contribution in [1.82, 2.24) is 0 Å². The van der Waals surface area contributed by atoms with Crippen LogP contribution in [0.3, 0.4) is 0 Å². The van der Waals surface area contributed by atoms with Gasteiger partial charge in [-0.15, -0.1) is 0 Å². The first-order valence-electron chi connectivity index (χ1n) is 8.37. The fourth-order valence-electron chi connectivity index (χ4n) is 3.61. The second-order valence-corrected chi connectivity index (χ2v) is 6.24. The van der Waals surface area contributed by atoms with Crippen molar-refractivity contribution in [3.8, 4) is 0 Å². The lowest BCUT2D eigenvalue weighted by molar-refractivity contribution is -0.472. The second kappa shape index (κ2) is 6.95. The van der Waals surface area contributed by atoms with Gasteiger partial charge in [0.05, 0.1) is 27.4 Å². The lowest BCUT2D eigenvalue weighted by Crippen LogP contribution is -2.72. The monoisotopic (exact) mass is 344 g/mol. The van der Waals surface area contributed by atoms with Gasteiger partial charge in [-0.05, 0) is 25.7 Å². The zero-order chi connectivity index (χ0) is 17.2. The summed E-state index contributed by atoms with van der Waals surface area (Å²) in [4.78, 5) is 24.3. The van der Waals surface area contributed by atoms with E-state index in [0.717, 1.165) is 25.7 Å². The molecule has 8 heteroatoms. The molecule has 2 spiro atoms. The van der Waals surface area contributed by atoms with E-state index in [9.17, 15) is 9.59 Å². The van der Waals surface area contributed by atoms with Crippen LogP contribution in [0.15, 0.2) is 0 Å². The zero-order valence-corrected chi connectivity index (χ0v) is 14.1. The van der Waals surface area contributed by atoms with E-state index < -0.39 is 35.7 Å². The summed E-state index contributed by atoms with van der Waals surface area (Å²) in [5.41, 5.74) is 0. The van der Waals surface area contributed by atoms with Crippen LogP contribution in [-0.2, 0) is 38.0 Å². The van der Waals surface area contributed by atoms with Crippen LogP contribution in [0, 0.1) is 0 Å². The molecule has 0 bridgehead atoms. The SMILES string of the molecule is COC(=O)C1OC2(CCCCO2)[C@@]2(CCCCO2)O[C@H]1C(=O)OC. The van der Waals surface area contributed by atoms with Crippen molar-refractivity contribution in [3.05, 3.63) is 0 Å². The Labute approximate surface area is 140 Å². The van der Waals surface area contributed by atoms with Gasteiger partial charge in [0.15, 0.2) is 12.2 Å². The van der Waals surface area contributed by atoms with Crippen molar-refractivity contribution in [2.45, 2.75) is 62.3 Å². The summed E-state index contributed by atoms with van der Waals surface area (Å²) in [6.45, 7) is 0.955. The van der Waals surface area contributed by atoms with Gasteiger partial charge < -0.3 is 28.4 Å². The van der Waals surface area contributed by atoms with Gasteiger partial charge in [0.25, 0.3) is 0 Å². The Balaban J connectivity index is 1.97. The molecule has 0 aliphatic carbocycles. The van der Waals surface area contributed by atoms with Crippen molar-refractivity contribution in [2.75, 3.05) is 27.4 Å². The molecular weight excluding hydrogens is 320 g/mol. The van der Waals surface area contributed by atoms with Crippen LogP contribution >= 0.6 is 0 Å². The summed E-state index contributed by atoms with van der Waals surface area (Å²) < 4.78 is 33.6. The first kappa shape index (κ1) is 17.6. The molecule has 2 unspecified atom stereocenters. The first-order chi connectivity index (χ1) is 11.6. The van der Waals surface area contributed by atoms with Crippen LogP contribution in [0.5, 0.6) is 0 Å². The van der Waals surface area contributed by atoms with E-state index in [1.165, 1.54) is 14.2 Å². The Hall–Kier alpha value is -1.22. The minimum absolute atomic E-state index is 0.477. The average molecular weight is 344 g/mol. The number of carbonyl (C=O) groups excluding carboxylic acids is 2. The Morgan fingerprint density at radius 2 is 1.21 bits per heavy atom. The van der Waals surface area contributed by atoms with E-state index in [-0.39, 0.29) is 0 Å². The highest BCUT2D eigenvalue weighted by Gasteiger charge is 2.66. The lowest BCUT2D eigenvalue weighted by atomic mass is 9.88. The standard InChI is InChI=1S/C16H24O8/c1-19-13(17)11-12(14(18)20-2)24-16(8-4-6-10-22-16)15(23-11)7-3-5-9-21-15/h11-12H,3-10H2,1-2H3/t11-,12?,15-,16?/m1/s1. The summed E-state index contributed by atoms with van der Waals surface area (Å²) in [6, 6.07) is 0. The van der Waals surface area contributed by atoms with Crippen molar-refractivity contribution in [1.29, 1.82) is 0 Å². The van der Waals surface area contributed by atoms with Gasteiger partial charge in [0.1, 0.15) is 0 Å².